The predicted octanol–water partition coefficient (Wildman–Crippen LogP) is 4.30. The van der Waals surface area contributed by atoms with Crippen LogP contribution in [0.3, 0.4) is 0 Å². The normalized spacial score (nSPS) is 14.3. The number of carbonyl (C=O) groups excluding carboxylic acids is 1. The van der Waals surface area contributed by atoms with Crippen LogP contribution in [0.4, 0.5) is 4.79 Å². The fourth-order valence-electron chi connectivity index (χ4n) is 4.24. The van der Waals surface area contributed by atoms with Crippen molar-refractivity contribution in [1.29, 1.82) is 0 Å². The fourth-order valence-corrected chi connectivity index (χ4v) is 4.24. The maximum atomic E-state index is 12.5. The van der Waals surface area contributed by atoms with E-state index in [1.807, 2.05) is 36.4 Å². The number of aromatic nitrogens is 4. The summed E-state index contributed by atoms with van der Waals surface area (Å²) in [6.07, 6.45) is 3.19. The second-order valence-electron chi connectivity index (χ2n) is 8.62. The minimum Gasteiger partial charge on any atom is -0.476 e. The van der Waals surface area contributed by atoms with Crippen LogP contribution in [0.5, 0.6) is 5.88 Å². The minimum atomic E-state index is -0.293. The lowest BCUT2D eigenvalue weighted by Gasteiger charge is -2.33. The number of rotatable bonds is 9. The molecule has 0 radical (unpaired) electrons. The van der Waals surface area contributed by atoms with Crippen LogP contribution in [-0.2, 0) is 9.47 Å². The number of piperidine rings is 1. The van der Waals surface area contributed by atoms with Crippen LogP contribution in [0, 0.1) is 0 Å². The molecule has 0 saturated carbocycles. The molecule has 186 valence electrons. The second-order valence-corrected chi connectivity index (χ2v) is 8.62. The molecule has 3 heterocycles. The molecule has 5 rings (SSSR count). The van der Waals surface area contributed by atoms with Crippen LogP contribution >= 0.6 is 0 Å². The summed E-state index contributed by atoms with van der Waals surface area (Å²) in [7, 11) is 0. The Bertz CT molecular complexity index is 1200. The lowest BCUT2D eigenvalue weighted by atomic mass is 10.00. The van der Waals surface area contributed by atoms with Crippen molar-refractivity contribution < 1.29 is 19.0 Å². The van der Waals surface area contributed by atoms with E-state index in [4.69, 9.17) is 14.2 Å². The van der Waals surface area contributed by atoms with Crippen LogP contribution in [0.2, 0.25) is 0 Å². The van der Waals surface area contributed by atoms with E-state index in [1.165, 1.54) is 11.0 Å². The van der Waals surface area contributed by atoms with Crippen molar-refractivity contribution in [3.05, 3.63) is 90.3 Å². The average Bonchev–Trinajstić information content (AvgIpc) is 3.41. The zero-order valence-corrected chi connectivity index (χ0v) is 20.0. The number of hydrogen-bond acceptors (Lipinski definition) is 7. The molecule has 1 saturated heterocycles. The van der Waals surface area contributed by atoms with Crippen LogP contribution in [-0.4, -0.2) is 63.2 Å². The molecule has 2 aromatic heterocycles. The Hall–Kier alpha value is -3.98. The molecule has 0 unspecified atom stereocenters. The van der Waals surface area contributed by atoms with Gasteiger partial charge in [0, 0.05) is 25.6 Å². The van der Waals surface area contributed by atoms with Gasteiger partial charge in [-0.3, -0.25) is 0 Å². The quantitative estimate of drug-likeness (QED) is 0.325. The zero-order valence-electron chi connectivity index (χ0n) is 20.0. The van der Waals surface area contributed by atoms with Crippen LogP contribution in [0.15, 0.2) is 79.1 Å². The molecule has 0 bridgehead atoms. The number of carbonyl (C=O) groups is 1. The Kier molecular flexibility index (Phi) is 7.67. The van der Waals surface area contributed by atoms with Crippen LogP contribution < -0.4 is 4.74 Å². The molecule has 36 heavy (non-hydrogen) atoms. The molecule has 1 aliphatic rings. The van der Waals surface area contributed by atoms with Gasteiger partial charge in [-0.15, -0.1) is 14.8 Å². The molecule has 1 fully saturated rings. The van der Waals surface area contributed by atoms with E-state index in [0.29, 0.717) is 37.6 Å². The Morgan fingerprint density at radius 2 is 1.61 bits per heavy atom. The van der Waals surface area contributed by atoms with Crippen molar-refractivity contribution in [2.45, 2.75) is 31.5 Å². The standard InChI is InChI=1S/C27H29N5O4/c33-27(35-19-7-18-34-25-13-12-24-28-20-29-32(24)30-25)31-16-14-23(15-17-31)36-26(21-8-3-1-4-9-21)22-10-5-2-6-11-22/h1-6,8-13,20,23,26H,7,14-19H2. The maximum absolute atomic E-state index is 12.5. The summed E-state index contributed by atoms with van der Waals surface area (Å²) < 4.78 is 19.0. The molecule has 1 aliphatic heterocycles. The van der Waals surface area contributed by atoms with E-state index in [0.717, 1.165) is 24.0 Å². The molecule has 4 aromatic rings. The summed E-state index contributed by atoms with van der Waals surface area (Å²) in [6.45, 7) is 1.89. The Morgan fingerprint density at radius 3 is 2.31 bits per heavy atom. The van der Waals surface area contributed by atoms with Gasteiger partial charge in [-0.25, -0.2) is 9.78 Å². The number of hydrogen-bond donors (Lipinski definition) is 0. The molecule has 0 N–H and O–H groups in total. The number of nitrogens with zero attached hydrogens (tertiary/aromatic N) is 5. The van der Waals surface area contributed by atoms with Crippen molar-refractivity contribution in [2.24, 2.45) is 0 Å². The Labute approximate surface area is 209 Å². The second kappa shape index (κ2) is 11.6. The SMILES string of the molecule is O=C(OCCCOc1ccc2ncnn2n1)N1CCC(OC(c2ccccc2)c2ccccc2)CC1. The largest absolute Gasteiger partial charge is 0.476 e. The number of amides is 1. The smallest absolute Gasteiger partial charge is 0.409 e. The summed E-state index contributed by atoms with van der Waals surface area (Å²) >= 11 is 0. The van der Waals surface area contributed by atoms with Gasteiger partial charge in [0.05, 0.1) is 19.3 Å². The van der Waals surface area contributed by atoms with Gasteiger partial charge < -0.3 is 19.1 Å². The third-order valence-corrected chi connectivity index (χ3v) is 6.12. The highest BCUT2D eigenvalue weighted by molar-refractivity contribution is 5.67. The van der Waals surface area contributed by atoms with E-state index in [9.17, 15) is 4.79 Å². The van der Waals surface area contributed by atoms with Crippen LogP contribution in [0.1, 0.15) is 36.5 Å². The highest BCUT2D eigenvalue weighted by Gasteiger charge is 2.27. The van der Waals surface area contributed by atoms with Gasteiger partial charge in [-0.05, 0) is 30.0 Å². The number of ether oxygens (including phenoxy) is 3. The van der Waals surface area contributed by atoms with Crippen molar-refractivity contribution in [1.82, 2.24) is 24.7 Å². The van der Waals surface area contributed by atoms with Gasteiger partial charge in [-0.1, -0.05) is 60.7 Å². The molecule has 1 amide bonds. The predicted molar refractivity (Wildman–Crippen MR) is 133 cm³/mol. The van der Waals surface area contributed by atoms with E-state index < -0.39 is 0 Å². The maximum Gasteiger partial charge on any atom is 0.409 e. The first-order chi connectivity index (χ1) is 17.8. The lowest BCUT2D eigenvalue weighted by Crippen LogP contribution is -2.41. The zero-order chi connectivity index (χ0) is 24.6. The summed E-state index contributed by atoms with van der Waals surface area (Å²) in [4.78, 5) is 18.3. The molecule has 9 heteroatoms. The molecular formula is C27H29N5O4. The summed E-state index contributed by atoms with van der Waals surface area (Å²) in [5, 5.41) is 8.18. The van der Waals surface area contributed by atoms with Crippen molar-refractivity contribution in [3.8, 4) is 5.88 Å². The van der Waals surface area contributed by atoms with E-state index >= 15 is 0 Å². The topological polar surface area (TPSA) is 91.1 Å². The first-order valence-corrected chi connectivity index (χ1v) is 12.2. The van der Waals surface area contributed by atoms with Crippen molar-refractivity contribution in [3.63, 3.8) is 0 Å². The van der Waals surface area contributed by atoms with Gasteiger partial charge in [-0.2, -0.15) is 0 Å². The van der Waals surface area contributed by atoms with Gasteiger partial charge in [0.2, 0.25) is 5.88 Å². The number of benzene rings is 2. The van der Waals surface area contributed by atoms with Crippen LogP contribution in [0.25, 0.3) is 5.65 Å². The lowest BCUT2D eigenvalue weighted by molar-refractivity contribution is -0.0264. The third kappa shape index (κ3) is 5.98. The summed E-state index contributed by atoms with van der Waals surface area (Å²) in [5.74, 6) is 0.450. The first kappa shape index (κ1) is 23.7. The molecular weight excluding hydrogens is 458 g/mol. The Balaban J connectivity index is 1.04. The van der Waals surface area contributed by atoms with Crippen molar-refractivity contribution in [2.75, 3.05) is 26.3 Å². The first-order valence-electron chi connectivity index (χ1n) is 12.2. The molecule has 2 aromatic carbocycles. The average molecular weight is 488 g/mol. The van der Waals surface area contributed by atoms with Gasteiger partial charge in [0.25, 0.3) is 0 Å². The molecule has 0 aliphatic carbocycles. The molecule has 0 spiro atoms. The minimum absolute atomic E-state index is 0.0719. The fraction of sp³-hybridized carbons (Fsp3) is 0.333. The highest BCUT2D eigenvalue weighted by atomic mass is 16.6. The molecule has 0 atom stereocenters. The summed E-state index contributed by atoms with van der Waals surface area (Å²) in [6, 6.07) is 24.0. The third-order valence-electron chi connectivity index (χ3n) is 6.12. The van der Waals surface area contributed by atoms with E-state index in [2.05, 4.69) is 39.4 Å². The van der Waals surface area contributed by atoms with E-state index in [1.54, 1.807) is 17.0 Å². The van der Waals surface area contributed by atoms with Gasteiger partial charge in [0.1, 0.15) is 12.4 Å². The highest BCUT2D eigenvalue weighted by Crippen LogP contribution is 2.30. The Morgan fingerprint density at radius 1 is 0.917 bits per heavy atom. The van der Waals surface area contributed by atoms with Gasteiger partial charge in [0.15, 0.2) is 5.65 Å². The molecule has 9 nitrogen and oxygen atoms in total. The van der Waals surface area contributed by atoms with Gasteiger partial charge >= 0.3 is 6.09 Å². The van der Waals surface area contributed by atoms with E-state index in [-0.39, 0.29) is 24.9 Å². The number of fused-ring (bicyclic) bond motifs is 1. The number of likely N-dealkylation sites (tertiary alicyclic amines) is 1. The summed E-state index contributed by atoms with van der Waals surface area (Å²) in [5.41, 5.74) is 2.91. The monoisotopic (exact) mass is 487 g/mol. The van der Waals surface area contributed by atoms with Crippen molar-refractivity contribution >= 4 is 11.7 Å².